The zero-order valence-electron chi connectivity index (χ0n) is 47.4. The predicted octanol–water partition coefficient (Wildman–Crippen LogP) is 9.61. The highest BCUT2D eigenvalue weighted by Crippen LogP contribution is 2.43. The molecule has 3 aliphatic heterocycles. The number of carbonyl (C=O) groups excluding carboxylic acids is 2. The van der Waals surface area contributed by atoms with Crippen LogP contribution in [0.3, 0.4) is 0 Å². The third-order valence-corrected chi connectivity index (χ3v) is 16.1. The van der Waals surface area contributed by atoms with Gasteiger partial charge in [0.25, 0.3) is 0 Å². The molecule has 0 aliphatic carbocycles. The van der Waals surface area contributed by atoms with E-state index in [1.54, 1.807) is 84.9 Å². The van der Waals surface area contributed by atoms with Gasteiger partial charge in [0.1, 0.15) is 47.7 Å². The fraction of sp³-hybridized carbons (Fsp3) is 0.281. The molecule has 2 aromatic heterocycles. The van der Waals surface area contributed by atoms with Crippen molar-refractivity contribution >= 4 is 78.3 Å². The van der Waals surface area contributed by atoms with E-state index < -0.39 is 23.9 Å². The van der Waals surface area contributed by atoms with Gasteiger partial charge in [0.15, 0.2) is 11.6 Å². The largest absolute Gasteiger partial charge is 0.508 e. The van der Waals surface area contributed by atoms with Crippen LogP contribution in [0.2, 0.25) is 0 Å². The number of hydrogen-bond donors (Lipinski definition) is 8. The van der Waals surface area contributed by atoms with Gasteiger partial charge in [-0.3, -0.25) is 19.4 Å². The second-order valence-corrected chi connectivity index (χ2v) is 21.9. The number of thiophene rings is 2. The molecule has 0 spiro atoms. The molecule has 5 heterocycles. The number of hydrogen-bond acceptors (Lipinski definition) is 17. The second-order valence-electron chi connectivity index (χ2n) is 19.8. The topological polar surface area (TPSA) is 361 Å². The number of aromatic hydroxyl groups is 4. The van der Waals surface area contributed by atoms with Crippen molar-refractivity contribution < 1.29 is 94.8 Å². The number of rotatable bonds is 14. The molecular formula is C64H70N2O19S2. The van der Waals surface area contributed by atoms with Gasteiger partial charge in [-0.1, -0.05) is 12.8 Å². The Hall–Kier alpha value is -8.94. The summed E-state index contributed by atoms with van der Waals surface area (Å²) in [6.45, 7) is 9.70. The first kappa shape index (κ1) is 68.8. The number of carboxylic acid groups (broad SMARTS) is 4. The van der Waals surface area contributed by atoms with Crippen LogP contribution in [0.4, 0.5) is 0 Å². The lowest BCUT2D eigenvalue weighted by Gasteiger charge is -2.26. The third-order valence-electron chi connectivity index (χ3n) is 13.7. The number of fused-ring (bicyclic) bond motifs is 2. The summed E-state index contributed by atoms with van der Waals surface area (Å²) in [5, 5.41) is 70.4. The number of benzene rings is 6. The number of aliphatic carboxylic acids is 4. The van der Waals surface area contributed by atoms with Crippen LogP contribution in [0.25, 0.3) is 41.1 Å². The maximum absolute atomic E-state index is 13.6. The number of nitrogens with zero attached hydrogens (tertiary/aromatic N) is 2. The van der Waals surface area contributed by atoms with E-state index in [1.807, 2.05) is 48.5 Å². The molecule has 11 rings (SSSR count). The average molecular weight is 1240 g/mol. The van der Waals surface area contributed by atoms with E-state index in [1.165, 1.54) is 74.0 Å². The Labute approximate surface area is 508 Å². The predicted molar refractivity (Wildman–Crippen MR) is 330 cm³/mol. The fourth-order valence-electron chi connectivity index (χ4n) is 9.41. The van der Waals surface area contributed by atoms with Gasteiger partial charge in [0.2, 0.25) is 0 Å². The molecule has 0 bridgehead atoms. The Morgan fingerprint density at radius 3 is 1.03 bits per heavy atom. The molecule has 12 N–H and O–H groups in total. The lowest BCUT2D eigenvalue weighted by Crippen LogP contribution is -2.33. The second kappa shape index (κ2) is 34.3. The first-order valence-electron chi connectivity index (χ1n) is 27.6. The van der Waals surface area contributed by atoms with Crippen LogP contribution >= 0.6 is 22.7 Å². The molecule has 0 amide bonds. The van der Waals surface area contributed by atoms with Crippen molar-refractivity contribution in [3.05, 3.63) is 156 Å². The standard InChI is InChI=1S/2C28H27NO4S.C4H8O.2C2H2O4.2H2O/c2*30-21-8-4-20(5-9-21)28-26(24-13-10-22(31)18-25(24)34-28)27(32)19-6-11-23(12-7-19)33-17-16-29-14-2-1-3-15-29;1-2-4-5-3-1;2*3-1(4)2(5)6;;/h2*4-13,18,30-31H,1-3,14-17H2;1-4H2;2*(H,3,4)(H,5,6);2*1H2. The van der Waals surface area contributed by atoms with Gasteiger partial charge in [-0.15, -0.1) is 22.7 Å². The third kappa shape index (κ3) is 20.4. The van der Waals surface area contributed by atoms with Crippen molar-refractivity contribution in [2.75, 3.05) is 65.7 Å². The number of phenols is 4. The van der Waals surface area contributed by atoms with Crippen LogP contribution in [0.15, 0.2) is 133 Å². The van der Waals surface area contributed by atoms with Gasteiger partial charge in [0.05, 0.1) is 0 Å². The summed E-state index contributed by atoms with van der Waals surface area (Å²) in [5.74, 6) is -5.28. The molecule has 87 heavy (non-hydrogen) atoms. The quantitative estimate of drug-likeness (QED) is 0.0371. The summed E-state index contributed by atoms with van der Waals surface area (Å²) >= 11 is 2.91. The number of ketones is 2. The van der Waals surface area contributed by atoms with Crippen molar-refractivity contribution in [3.8, 4) is 55.4 Å². The van der Waals surface area contributed by atoms with Crippen LogP contribution in [0.5, 0.6) is 34.5 Å². The molecule has 0 radical (unpaired) electrons. The average Bonchev–Trinajstić information content (AvgIpc) is 1.73. The van der Waals surface area contributed by atoms with Crippen molar-refractivity contribution in [3.63, 3.8) is 0 Å². The summed E-state index contributed by atoms with van der Waals surface area (Å²) in [5.41, 5.74) is 4.06. The van der Waals surface area contributed by atoms with Crippen molar-refractivity contribution in [1.82, 2.24) is 9.80 Å². The molecule has 23 heteroatoms. The van der Waals surface area contributed by atoms with Gasteiger partial charge < -0.3 is 66.0 Å². The molecule has 0 unspecified atom stereocenters. The molecule has 0 atom stereocenters. The van der Waals surface area contributed by atoms with E-state index in [9.17, 15) is 30.0 Å². The molecular weight excluding hydrogens is 1160 g/mol. The number of carboxylic acids is 4. The van der Waals surface area contributed by atoms with E-state index >= 15 is 0 Å². The zero-order valence-corrected chi connectivity index (χ0v) is 49.0. The maximum atomic E-state index is 13.6. The molecule has 3 fully saturated rings. The summed E-state index contributed by atoms with van der Waals surface area (Å²) in [4.78, 5) is 70.2. The minimum atomic E-state index is -1.82. The Balaban J connectivity index is 0.000000245. The summed E-state index contributed by atoms with van der Waals surface area (Å²) in [6, 6.07) is 38.4. The first-order valence-corrected chi connectivity index (χ1v) is 29.2. The monoisotopic (exact) mass is 1230 g/mol. The molecule has 3 aliphatic rings. The Bertz CT molecular complexity index is 3270. The molecule has 3 saturated heterocycles. The van der Waals surface area contributed by atoms with Gasteiger partial charge in [-0.25, -0.2) is 19.2 Å². The van der Waals surface area contributed by atoms with E-state index in [2.05, 4.69) is 9.80 Å². The van der Waals surface area contributed by atoms with Crippen molar-refractivity contribution in [1.29, 1.82) is 0 Å². The SMILES string of the molecule is C1CCOC1.O.O.O=C(O)C(=O)O.O=C(O)C(=O)O.O=C(c1ccc(OCCN2CCCCC2)cc1)c1c(-c2ccc(O)cc2)sc2cc(O)ccc12.O=C(c1ccc(OCCN2CCCCC2)cc1)c1c(-c2ccc(O)cc2)sc2cc(O)ccc12. The Morgan fingerprint density at radius 2 is 0.736 bits per heavy atom. The van der Waals surface area contributed by atoms with Gasteiger partial charge in [-0.2, -0.15) is 0 Å². The number of ether oxygens (including phenoxy) is 3. The van der Waals surface area contributed by atoms with E-state index in [4.69, 9.17) is 53.8 Å². The highest BCUT2D eigenvalue weighted by Gasteiger charge is 2.24. The number of piperidine rings is 2. The molecule has 8 aromatic rings. The van der Waals surface area contributed by atoms with Crippen molar-refractivity contribution in [2.45, 2.75) is 51.4 Å². The molecule has 21 nitrogen and oxygen atoms in total. The van der Waals surface area contributed by atoms with Gasteiger partial charge in [0, 0.05) is 78.5 Å². The number of likely N-dealkylation sites (tertiary alicyclic amines) is 2. The Morgan fingerprint density at radius 1 is 0.414 bits per heavy atom. The normalized spacial score (nSPS) is 13.6. The highest BCUT2D eigenvalue weighted by molar-refractivity contribution is 7.23. The van der Waals surface area contributed by atoms with E-state index in [-0.39, 0.29) is 45.5 Å². The summed E-state index contributed by atoms with van der Waals surface area (Å²) in [7, 11) is 0. The Kier molecular flexibility index (Phi) is 27.1. The van der Waals surface area contributed by atoms with Crippen molar-refractivity contribution in [2.24, 2.45) is 0 Å². The van der Waals surface area contributed by atoms with Crippen LogP contribution < -0.4 is 9.47 Å². The number of phenolic OH excluding ortho intramolecular Hbond substituents is 4. The van der Waals surface area contributed by atoms with Crippen LogP contribution in [-0.2, 0) is 23.9 Å². The zero-order chi connectivity index (χ0) is 60.8. The minimum Gasteiger partial charge on any atom is -0.508 e. The van der Waals surface area contributed by atoms with E-state index in [0.29, 0.717) is 35.5 Å². The van der Waals surface area contributed by atoms with Gasteiger partial charge >= 0.3 is 23.9 Å². The van der Waals surface area contributed by atoms with Gasteiger partial charge in [-0.05, 0) is 209 Å². The fourth-order valence-corrected chi connectivity index (χ4v) is 11.9. The highest BCUT2D eigenvalue weighted by atomic mass is 32.1. The summed E-state index contributed by atoms with van der Waals surface area (Å²) < 4.78 is 18.5. The lowest BCUT2D eigenvalue weighted by atomic mass is 9.97. The van der Waals surface area contributed by atoms with Crippen LogP contribution in [-0.4, -0.2) is 163 Å². The summed E-state index contributed by atoms with van der Waals surface area (Å²) in [6.07, 6.45) is 10.3. The molecule has 462 valence electrons. The molecule has 6 aromatic carbocycles. The van der Waals surface area contributed by atoms with E-state index in [0.717, 1.165) is 105 Å². The smallest absolute Gasteiger partial charge is 0.414 e. The first-order chi connectivity index (χ1) is 40.9. The lowest BCUT2D eigenvalue weighted by molar-refractivity contribution is -0.159. The molecule has 0 saturated carbocycles. The minimum absolute atomic E-state index is 0. The maximum Gasteiger partial charge on any atom is 0.414 e. The van der Waals surface area contributed by atoms with Crippen LogP contribution in [0.1, 0.15) is 83.2 Å². The number of carbonyl (C=O) groups is 6. The van der Waals surface area contributed by atoms with Crippen LogP contribution in [0, 0.1) is 0 Å².